The fraction of sp³-hybridized carbons (Fsp3) is 0.0667. The largest absolute Gasteiger partial charge is 0.254 e. The Morgan fingerprint density at radius 2 is 1.11 bits per heavy atom. The van der Waals surface area contributed by atoms with Gasteiger partial charge in [0.1, 0.15) is 0 Å². The summed E-state index contributed by atoms with van der Waals surface area (Å²) in [5.74, 6) is 0. The van der Waals surface area contributed by atoms with Crippen molar-refractivity contribution in [1.29, 1.82) is 0 Å². The molecule has 2 heterocycles. The quantitative estimate of drug-likeness (QED) is 0.185. The van der Waals surface area contributed by atoms with Crippen molar-refractivity contribution in [1.82, 2.24) is 9.97 Å². The van der Waals surface area contributed by atoms with E-state index in [9.17, 15) is 0 Å². The first-order chi connectivity index (χ1) is 23.0. The molecule has 0 aliphatic heterocycles. The van der Waals surface area contributed by atoms with E-state index in [4.69, 9.17) is 4.98 Å². The number of nitrogens with zero attached hydrogens (tertiary/aromatic N) is 2. The first-order valence-corrected chi connectivity index (χ1v) is 16.3. The number of benzene rings is 7. The number of fused-ring (bicyclic) bond motifs is 12. The Bertz CT molecular complexity index is 2750. The maximum atomic E-state index is 5.06. The van der Waals surface area contributed by atoms with Gasteiger partial charge in [-0.1, -0.05) is 123 Å². The zero-order chi connectivity index (χ0) is 31.3. The van der Waals surface area contributed by atoms with Crippen LogP contribution in [-0.2, 0) is 5.41 Å². The molecule has 0 radical (unpaired) electrons. The molecule has 2 aromatic heterocycles. The van der Waals surface area contributed by atoms with Crippen molar-refractivity contribution in [3.63, 3.8) is 0 Å². The van der Waals surface area contributed by atoms with Gasteiger partial charge in [-0.2, -0.15) is 0 Å². The highest BCUT2D eigenvalue weighted by Crippen LogP contribution is 2.55. The third kappa shape index (κ3) is 3.79. The SMILES string of the molecule is CC1(C)c2cc3cc(-c4ccc(-c5ccc6ccc7cccnc7c6n5)cc4)ccc3cc2-c2c1c1ccccc1c1ccccc21. The molecule has 0 spiro atoms. The van der Waals surface area contributed by atoms with Gasteiger partial charge in [-0.3, -0.25) is 4.98 Å². The molecule has 2 nitrogen and oxygen atoms in total. The highest BCUT2D eigenvalue weighted by Gasteiger charge is 2.38. The minimum absolute atomic E-state index is 0.117. The minimum atomic E-state index is -0.117. The van der Waals surface area contributed by atoms with E-state index in [1.807, 2.05) is 12.3 Å². The van der Waals surface area contributed by atoms with Gasteiger partial charge < -0.3 is 0 Å². The molecule has 7 aromatic carbocycles. The highest BCUT2D eigenvalue weighted by molar-refractivity contribution is 6.19. The lowest BCUT2D eigenvalue weighted by Crippen LogP contribution is -2.15. The summed E-state index contributed by atoms with van der Waals surface area (Å²) in [6.07, 6.45) is 1.84. The van der Waals surface area contributed by atoms with E-state index >= 15 is 0 Å². The number of hydrogen-bond donors (Lipinski definition) is 0. The van der Waals surface area contributed by atoms with Crippen molar-refractivity contribution in [2.75, 3.05) is 0 Å². The first-order valence-electron chi connectivity index (χ1n) is 16.3. The molecule has 0 bridgehead atoms. The van der Waals surface area contributed by atoms with Gasteiger partial charge in [-0.25, -0.2) is 4.98 Å². The van der Waals surface area contributed by atoms with Crippen LogP contribution in [-0.4, -0.2) is 9.97 Å². The molecule has 0 unspecified atom stereocenters. The van der Waals surface area contributed by atoms with Gasteiger partial charge >= 0.3 is 0 Å². The summed E-state index contributed by atoms with van der Waals surface area (Å²) in [5.41, 5.74) is 11.8. The molecular weight excluding hydrogens is 569 g/mol. The first kappa shape index (κ1) is 26.4. The van der Waals surface area contributed by atoms with E-state index in [0.29, 0.717) is 0 Å². The average Bonchev–Trinajstić information content (AvgIpc) is 3.36. The van der Waals surface area contributed by atoms with Crippen LogP contribution in [0.4, 0.5) is 0 Å². The molecule has 1 aliphatic carbocycles. The van der Waals surface area contributed by atoms with Gasteiger partial charge in [0.05, 0.1) is 16.7 Å². The molecule has 0 atom stereocenters. The minimum Gasteiger partial charge on any atom is -0.254 e. The molecular formula is C45H30N2. The van der Waals surface area contributed by atoms with Gasteiger partial charge in [0.15, 0.2) is 0 Å². The van der Waals surface area contributed by atoms with E-state index in [0.717, 1.165) is 33.1 Å². The van der Waals surface area contributed by atoms with Crippen molar-refractivity contribution in [2.24, 2.45) is 0 Å². The summed E-state index contributed by atoms with van der Waals surface area (Å²) in [6.45, 7) is 4.79. The lowest BCUT2D eigenvalue weighted by molar-refractivity contribution is 0.667. The third-order valence-electron chi connectivity index (χ3n) is 10.4. The Kier molecular flexibility index (Phi) is 5.37. The van der Waals surface area contributed by atoms with Gasteiger partial charge in [-0.15, -0.1) is 0 Å². The van der Waals surface area contributed by atoms with E-state index in [1.165, 1.54) is 65.7 Å². The van der Waals surface area contributed by atoms with Crippen LogP contribution < -0.4 is 0 Å². The van der Waals surface area contributed by atoms with Crippen molar-refractivity contribution in [2.45, 2.75) is 19.3 Å². The van der Waals surface area contributed by atoms with Crippen molar-refractivity contribution in [3.8, 4) is 33.5 Å². The Labute approximate surface area is 273 Å². The summed E-state index contributed by atoms with van der Waals surface area (Å²) in [4.78, 5) is 9.69. The second kappa shape index (κ2) is 9.57. The summed E-state index contributed by atoms with van der Waals surface area (Å²) < 4.78 is 0. The summed E-state index contributed by atoms with van der Waals surface area (Å²) in [6, 6.07) is 51.0. The standard InChI is InChI=1S/C45H30N2/c1-45(2)39-26-33-24-31(27-13-15-28(16-14-27)40-22-21-30-18-17-29-8-7-23-46-43(29)44(30)47-40)19-20-32(33)25-38(39)41-36-11-5-3-9-34(36)35-10-4-6-12-37(35)42(41)45/h3-26H,1-2H3. The molecule has 0 saturated carbocycles. The van der Waals surface area contributed by atoms with Crippen LogP contribution in [0.2, 0.25) is 0 Å². The zero-order valence-corrected chi connectivity index (χ0v) is 26.3. The highest BCUT2D eigenvalue weighted by atomic mass is 14.7. The summed E-state index contributed by atoms with van der Waals surface area (Å²) >= 11 is 0. The molecule has 220 valence electrons. The van der Waals surface area contributed by atoms with E-state index in [2.05, 4.69) is 152 Å². The van der Waals surface area contributed by atoms with Crippen molar-refractivity contribution in [3.05, 3.63) is 157 Å². The van der Waals surface area contributed by atoms with Crippen LogP contribution in [0.15, 0.2) is 146 Å². The second-order valence-corrected chi connectivity index (χ2v) is 13.4. The fourth-order valence-electron chi connectivity index (χ4n) is 8.12. The summed E-state index contributed by atoms with van der Waals surface area (Å²) in [7, 11) is 0. The van der Waals surface area contributed by atoms with Crippen LogP contribution in [0.1, 0.15) is 25.0 Å². The topological polar surface area (TPSA) is 25.8 Å². The fourth-order valence-corrected chi connectivity index (χ4v) is 8.12. The van der Waals surface area contributed by atoms with Crippen molar-refractivity contribution >= 4 is 54.1 Å². The normalized spacial score (nSPS) is 13.5. The molecule has 0 amide bonds. The Morgan fingerprint density at radius 1 is 0.468 bits per heavy atom. The second-order valence-electron chi connectivity index (χ2n) is 13.4. The molecule has 47 heavy (non-hydrogen) atoms. The predicted molar refractivity (Wildman–Crippen MR) is 198 cm³/mol. The van der Waals surface area contributed by atoms with E-state index < -0.39 is 0 Å². The molecule has 0 fully saturated rings. The molecule has 10 rings (SSSR count). The predicted octanol–water partition coefficient (Wildman–Crippen LogP) is 11.9. The monoisotopic (exact) mass is 598 g/mol. The van der Waals surface area contributed by atoms with Crippen molar-refractivity contribution < 1.29 is 0 Å². The number of aromatic nitrogens is 2. The van der Waals surface area contributed by atoms with Crippen LogP contribution in [0.25, 0.3) is 87.6 Å². The van der Waals surface area contributed by atoms with Gasteiger partial charge in [0.25, 0.3) is 0 Å². The molecule has 2 heteroatoms. The van der Waals surface area contributed by atoms with Crippen LogP contribution in [0, 0.1) is 0 Å². The van der Waals surface area contributed by atoms with Crippen LogP contribution in [0.3, 0.4) is 0 Å². The lowest BCUT2D eigenvalue weighted by atomic mass is 9.79. The van der Waals surface area contributed by atoms with Crippen LogP contribution >= 0.6 is 0 Å². The maximum Gasteiger partial charge on any atom is 0.0972 e. The van der Waals surface area contributed by atoms with E-state index in [-0.39, 0.29) is 5.41 Å². The number of rotatable bonds is 2. The van der Waals surface area contributed by atoms with E-state index in [1.54, 1.807) is 0 Å². The Hall–Kier alpha value is -5.86. The van der Waals surface area contributed by atoms with Gasteiger partial charge in [0, 0.05) is 27.9 Å². The van der Waals surface area contributed by atoms with Gasteiger partial charge in [0.2, 0.25) is 0 Å². The molecule has 0 saturated heterocycles. The molecule has 9 aromatic rings. The average molecular weight is 599 g/mol. The Morgan fingerprint density at radius 3 is 1.91 bits per heavy atom. The maximum absolute atomic E-state index is 5.06. The molecule has 1 aliphatic rings. The number of hydrogen-bond acceptors (Lipinski definition) is 2. The summed E-state index contributed by atoms with van der Waals surface area (Å²) in [5, 5.41) is 10.1. The smallest absolute Gasteiger partial charge is 0.0972 e. The Balaban J connectivity index is 1.07. The molecule has 0 N–H and O–H groups in total. The van der Waals surface area contributed by atoms with Gasteiger partial charge in [-0.05, 0) is 96.0 Å². The zero-order valence-electron chi connectivity index (χ0n) is 26.3. The third-order valence-corrected chi connectivity index (χ3v) is 10.4. The van der Waals surface area contributed by atoms with Crippen LogP contribution in [0.5, 0.6) is 0 Å². The lowest BCUT2D eigenvalue weighted by Gasteiger charge is -2.24. The number of pyridine rings is 2.